The van der Waals surface area contributed by atoms with Crippen LogP contribution in [0.5, 0.6) is 0 Å². The van der Waals surface area contributed by atoms with E-state index in [2.05, 4.69) is 21.2 Å². The molecule has 2 aromatic rings. The van der Waals surface area contributed by atoms with Gasteiger partial charge in [-0.2, -0.15) is 0 Å². The fourth-order valence-corrected chi connectivity index (χ4v) is 2.19. The molecule has 0 aromatic heterocycles. The van der Waals surface area contributed by atoms with Gasteiger partial charge in [0.1, 0.15) is 0 Å². The number of hydrogen-bond donors (Lipinski definition) is 2. The number of halogens is 1. The normalized spacial score (nSPS) is 10.2. The fraction of sp³-hybridized carbons (Fsp3) is 0.133. The second kappa shape index (κ2) is 6.38. The molecule has 1 amide bonds. The van der Waals surface area contributed by atoms with Gasteiger partial charge in [0.2, 0.25) is 5.91 Å². The monoisotopic (exact) mass is 318 g/mol. The zero-order chi connectivity index (χ0) is 13.7. The lowest BCUT2D eigenvalue weighted by molar-refractivity contribution is -0.120. The number of carbonyl (C=O) groups excluding carboxylic acids is 1. The summed E-state index contributed by atoms with van der Waals surface area (Å²) in [6.45, 7) is 0.507. The first-order valence-corrected chi connectivity index (χ1v) is 6.79. The molecule has 0 unspecified atom stereocenters. The number of nitrogens with one attached hydrogen (secondary N) is 1. The molecule has 3 N–H and O–H groups in total. The summed E-state index contributed by atoms with van der Waals surface area (Å²) in [5, 5.41) is 2.89. The first-order chi connectivity index (χ1) is 9.16. The van der Waals surface area contributed by atoms with Crippen LogP contribution in [0.2, 0.25) is 0 Å². The van der Waals surface area contributed by atoms with E-state index in [0.717, 1.165) is 15.6 Å². The van der Waals surface area contributed by atoms with Crippen molar-refractivity contribution in [1.82, 2.24) is 5.32 Å². The van der Waals surface area contributed by atoms with E-state index in [9.17, 15) is 4.79 Å². The summed E-state index contributed by atoms with van der Waals surface area (Å²) in [5.74, 6) is -0.0337. The third-order valence-electron chi connectivity index (χ3n) is 2.84. The highest BCUT2D eigenvalue weighted by atomic mass is 79.9. The maximum atomic E-state index is 11.9. The number of anilines is 1. The predicted octanol–water partition coefficient (Wildman–Crippen LogP) is 2.89. The Morgan fingerprint density at radius 3 is 2.37 bits per heavy atom. The van der Waals surface area contributed by atoms with Gasteiger partial charge < -0.3 is 11.1 Å². The lowest BCUT2D eigenvalue weighted by atomic mass is 10.1. The van der Waals surface area contributed by atoms with Crippen molar-refractivity contribution in [3.63, 3.8) is 0 Å². The third-order valence-corrected chi connectivity index (χ3v) is 3.61. The molecule has 19 heavy (non-hydrogen) atoms. The molecule has 0 spiro atoms. The Labute approximate surface area is 121 Å². The number of nitrogens with two attached hydrogens (primary N) is 1. The van der Waals surface area contributed by atoms with Crippen molar-refractivity contribution in [3.05, 3.63) is 64.1 Å². The molecule has 3 nitrogen and oxygen atoms in total. The standard InChI is InChI=1S/C15H15BrN2O/c16-13-7-3-1-6-12(13)10-18-15(19)9-11-5-2-4-8-14(11)17/h1-8H,9-10,17H2,(H,18,19). The highest BCUT2D eigenvalue weighted by Gasteiger charge is 2.06. The number of carbonyl (C=O) groups is 1. The van der Waals surface area contributed by atoms with E-state index in [1.807, 2.05) is 42.5 Å². The zero-order valence-electron chi connectivity index (χ0n) is 10.4. The highest BCUT2D eigenvalue weighted by molar-refractivity contribution is 9.10. The van der Waals surface area contributed by atoms with Crippen molar-refractivity contribution in [2.45, 2.75) is 13.0 Å². The first-order valence-electron chi connectivity index (χ1n) is 6.00. The van der Waals surface area contributed by atoms with E-state index in [1.165, 1.54) is 0 Å². The van der Waals surface area contributed by atoms with Crippen LogP contribution < -0.4 is 11.1 Å². The van der Waals surface area contributed by atoms with Crippen molar-refractivity contribution < 1.29 is 4.79 Å². The van der Waals surface area contributed by atoms with E-state index < -0.39 is 0 Å². The molecule has 0 heterocycles. The van der Waals surface area contributed by atoms with Gasteiger partial charge in [-0.25, -0.2) is 0 Å². The van der Waals surface area contributed by atoms with Gasteiger partial charge in [-0.05, 0) is 23.3 Å². The van der Waals surface area contributed by atoms with Crippen LogP contribution in [0.1, 0.15) is 11.1 Å². The molecule has 0 aliphatic carbocycles. The smallest absolute Gasteiger partial charge is 0.224 e. The van der Waals surface area contributed by atoms with Crippen molar-refractivity contribution in [2.75, 3.05) is 5.73 Å². The number of nitrogen functional groups attached to an aromatic ring is 1. The summed E-state index contributed by atoms with van der Waals surface area (Å²) in [5.41, 5.74) is 8.37. The van der Waals surface area contributed by atoms with Gasteiger partial charge in [0.25, 0.3) is 0 Å². The van der Waals surface area contributed by atoms with Crippen molar-refractivity contribution in [1.29, 1.82) is 0 Å². The number of hydrogen-bond acceptors (Lipinski definition) is 2. The fourth-order valence-electron chi connectivity index (χ4n) is 1.77. The number of para-hydroxylation sites is 1. The van der Waals surface area contributed by atoms with Crippen molar-refractivity contribution in [2.24, 2.45) is 0 Å². The molecule has 0 aliphatic rings. The van der Waals surface area contributed by atoms with Crippen LogP contribution in [0.15, 0.2) is 53.0 Å². The molecule has 2 rings (SSSR count). The Hall–Kier alpha value is -1.81. The minimum absolute atomic E-state index is 0.0337. The largest absolute Gasteiger partial charge is 0.398 e. The van der Waals surface area contributed by atoms with Crippen molar-refractivity contribution >= 4 is 27.5 Å². The van der Waals surface area contributed by atoms with Crippen molar-refractivity contribution in [3.8, 4) is 0 Å². The topological polar surface area (TPSA) is 55.1 Å². The molecule has 98 valence electrons. The Morgan fingerprint density at radius 2 is 1.68 bits per heavy atom. The molecule has 0 saturated heterocycles. The molecule has 0 bridgehead atoms. The maximum absolute atomic E-state index is 11.9. The van der Waals surface area contributed by atoms with E-state index >= 15 is 0 Å². The number of benzene rings is 2. The molecule has 0 atom stereocenters. The highest BCUT2D eigenvalue weighted by Crippen LogP contribution is 2.15. The molecule has 0 aliphatic heterocycles. The quantitative estimate of drug-likeness (QED) is 0.852. The van der Waals surface area contributed by atoms with Gasteiger partial charge in [0.05, 0.1) is 6.42 Å². The van der Waals surface area contributed by atoms with Gasteiger partial charge in [-0.3, -0.25) is 4.79 Å². The molecule has 4 heteroatoms. The Bertz CT molecular complexity index is 584. The Kier molecular flexibility index (Phi) is 4.58. The van der Waals surface area contributed by atoms with Gasteiger partial charge >= 0.3 is 0 Å². The molecule has 0 radical (unpaired) electrons. The lowest BCUT2D eigenvalue weighted by Gasteiger charge is -2.08. The SMILES string of the molecule is Nc1ccccc1CC(=O)NCc1ccccc1Br. The van der Waals surface area contributed by atoms with E-state index in [0.29, 0.717) is 18.7 Å². The molecule has 2 aromatic carbocycles. The van der Waals surface area contributed by atoms with Gasteiger partial charge in [0.15, 0.2) is 0 Å². The first kappa shape index (κ1) is 13.6. The van der Waals surface area contributed by atoms with Crippen LogP contribution in [-0.2, 0) is 17.8 Å². The van der Waals surface area contributed by atoms with Gasteiger partial charge in [-0.1, -0.05) is 52.3 Å². The van der Waals surface area contributed by atoms with E-state index in [1.54, 1.807) is 6.07 Å². The Morgan fingerprint density at radius 1 is 1.05 bits per heavy atom. The van der Waals surface area contributed by atoms with Crippen LogP contribution in [-0.4, -0.2) is 5.91 Å². The minimum atomic E-state index is -0.0337. The average Bonchev–Trinajstić information content (AvgIpc) is 2.40. The van der Waals surface area contributed by atoms with Gasteiger partial charge in [0, 0.05) is 16.7 Å². The van der Waals surface area contributed by atoms with Crippen LogP contribution in [0.4, 0.5) is 5.69 Å². The summed E-state index contributed by atoms with van der Waals surface area (Å²) in [6.07, 6.45) is 0.303. The second-order valence-electron chi connectivity index (χ2n) is 4.24. The lowest BCUT2D eigenvalue weighted by Crippen LogP contribution is -2.25. The summed E-state index contributed by atoms with van der Waals surface area (Å²) < 4.78 is 0.995. The van der Waals surface area contributed by atoms with E-state index in [-0.39, 0.29) is 5.91 Å². The van der Waals surface area contributed by atoms with Crippen LogP contribution in [0, 0.1) is 0 Å². The zero-order valence-corrected chi connectivity index (χ0v) is 12.0. The third kappa shape index (κ3) is 3.83. The number of rotatable bonds is 4. The summed E-state index contributed by atoms with van der Waals surface area (Å²) in [6, 6.07) is 15.2. The molecular weight excluding hydrogens is 304 g/mol. The summed E-state index contributed by atoms with van der Waals surface area (Å²) >= 11 is 3.45. The number of amides is 1. The molecule has 0 fully saturated rings. The van der Waals surface area contributed by atoms with Crippen LogP contribution in [0.25, 0.3) is 0 Å². The van der Waals surface area contributed by atoms with E-state index in [4.69, 9.17) is 5.73 Å². The van der Waals surface area contributed by atoms with Crippen LogP contribution >= 0.6 is 15.9 Å². The summed E-state index contributed by atoms with van der Waals surface area (Å²) in [4.78, 5) is 11.9. The van der Waals surface area contributed by atoms with Crippen LogP contribution in [0.3, 0.4) is 0 Å². The average molecular weight is 319 g/mol. The Balaban J connectivity index is 1.92. The molecular formula is C15H15BrN2O. The minimum Gasteiger partial charge on any atom is -0.398 e. The summed E-state index contributed by atoms with van der Waals surface area (Å²) in [7, 11) is 0. The maximum Gasteiger partial charge on any atom is 0.224 e. The second-order valence-corrected chi connectivity index (χ2v) is 5.10. The van der Waals surface area contributed by atoms with Gasteiger partial charge in [-0.15, -0.1) is 0 Å². The predicted molar refractivity (Wildman–Crippen MR) is 80.5 cm³/mol. The molecule has 0 saturated carbocycles.